The van der Waals surface area contributed by atoms with E-state index in [0.29, 0.717) is 0 Å². The summed E-state index contributed by atoms with van der Waals surface area (Å²) in [6.45, 7) is -1.22. The molecule has 1 unspecified atom stereocenters. The van der Waals surface area contributed by atoms with Crippen molar-refractivity contribution in [2.45, 2.75) is 35.8 Å². The van der Waals surface area contributed by atoms with E-state index in [1.165, 1.54) is 7.11 Å². The van der Waals surface area contributed by atoms with Gasteiger partial charge in [0.15, 0.2) is 5.25 Å². The molecule has 1 aliphatic heterocycles. The quantitative estimate of drug-likeness (QED) is 0.172. The van der Waals surface area contributed by atoms with Crippen molar-refractivity contribution < 1.29 is 47.4 Å². The Hall–Kier alpha value is -0.0200. The van der Waals surface area contributed by atoms with Crippen LogP contribution in [0.25, 0.3) is 0 Å². The number of hydrogen-bond donors (Lipinski definition) is 6. The highest BCUT2D eigenvalue weighted by Gasteiger charge is 2.51. The fourth-order valence-corrected chi connectivity index (χ4v) is 5.75. The molecule has 23 heavy (non-hydrogen) atoms. The maximum Gasteiger partial charge on any atom is 0.397 e. The molecule has 6 N–H and O–H groups in total. The molecule has 0 aromatic carbocycles. The summed E-state index contributed by atoms with van der Waals surface area (Å²) >= 11 is 0. The van der Waals surface area contributed by atoms with Crippen LogP contribution in [0.3, 0.4) is 0 Å². The van der Waals surface area contributed by atoms with Crippen molar-refractivity contribution in [3.63, 3.8) is 0 Å². The minimum Gasteiger partial charge on any atom is -0.394 e. The first-order valence-corrected chi connectivity index (χ1v) is 9.74. The Morgan fingerprint density at radius 2 is 1.91 bits per heavy atom. The zero-order chi connectivity index (χ0) is 17.8. The number of rotatable bonds is 9. The summed E-state index contributed by atoms with van der Waals surface area (Å²) in [5, 5.41) is 46.9. The van der Waals surface area contributed by atoms with Gasteiger partial charge < -0.3 is 30.3 Å². The Morgan fingerprint density at radius 1 is 1.30 bits per heavy atom. The van der Waals surface area contributed by atoms with E-state index in [2.05, 4.69) is 4.18 Å². The number of ether oxygens (including phenoxy) is 1. The van der Waals surface area contributed by atoms with Gasteiger partial charge in [-0.05, 0) is 0 Å². The highest BCUT2D eigenvalue weighted by molar-refractivity contribution is 7.97. The van der Waals surface area contributed by atoms with Crippen molar-refractivity contribution in [1.82, 2.24) is 0 Å². The van der Waals surface area contributed by atoms with Crippen molar-refractivity contribution in [1.29, 1.82) is 0 Å². The fraction of sp³-hybridized carbons (Fsp3) is 1.00. The second kappa shape index (κ2) is 8.89. The lowest BCUT2D eigenvalue weighted by Crippen LogP contribution is -2.48. The van der Waals surface area contributed by atoms with E-state index < -0.39 is 63.7 Å². The molecule has 1 fully saturated rings. The number of hydrogen-bond acceptors (Lipinski definition) is 9. The first-order chi connectivity index (χ1) is 10.6. The Labute approximate surface area is 137 Å². The van der Waals surface area contributed by atoms with Gasteiger partial charge in [0.2, 0.25) is 0 Å². The first kappa shape index (κ1) is 21.0. The Morgan fingerprint density at radius 3 is 2.35 bits per heavy atom. The molecule has 10 nitrogen and oxygen atoms in total. The smallest absolute Gasteiger partial charge is 0.394 e. The monoisotopic (exact) mass is 379 g/mol. The van der Waals surface area contributed by atoms with Crippen molar-refractivity contribution in [2.24, 2.45) is 0 Å². The predicted molar refractivity (Wildman–Crippen MR) is 80.3 cm³/mol. The molecule has 0 spiro atoms. The molecule has 1 rings (SSSR count). The highest BCUT2D eigenvalue weighted by Crippen LogP contribution is 2.26. The minimum absolute atomic E-state index is 0.0487. The zero-order valence-corrected chi connectivity index (χ0v) is 14.1. The van der Waals surface area contributed by atoms with Gasteiger partial charge in [0.1, 0.15) is 42.0 Å². The number of methoxy groups -OCH3 is 1. The van der Waals surface area contributed by atoms with Gasteiger partial charge in [0.25, 0.3) is 0 Å². The largest absolute Gasteiger partial charge is 0.397 e. The summed E-state index contributed by atoms with van der Waals surface area (Å²) in [5.41, 5.74) is 0. The summed E-state index contributed by atoms with van der Waals surface area (Å²) in [7, 11) is -4.43. The molecule has 1 saturated heterocycles. The van der Waals surface area contributed by atoms with E-state index in [9.17, 15) is 28.8 Å². The average Bonchev–Trinajstić information content (AvgIpc) is 2.75. The predicted octanol–water partition coefficient (Wildman–Crippen LogP) is -3.74. The van der Waals surface area contributed by atoms with Crippen molar-refractivity contribution in [3.05, 3.63) is 0 Å². The van der Waals surface area contributed by atoms with Crippen LogP contribution in [-0.4, -0.2) is 106 Å². The second-order valence-electron chi connectivity index (χ2n) is 5.16. The van der Waals surface area contributed by atoms with Crippen molar-refractivity contribution in [2.75, 3.05) is 31.8 Å². The van der Waals surface area contributed by atoms with Gasteiger partial charge in [-0.3, -0.25) is 4.55 Å². The topological polar surface area (TPSA) is 174 Å². The van der Waals surface area contributed by atoms with E-state index in [-0.39, 0.29) is 18.1 Å². The Bertz CT molecular complexity index is 458. The molecule has 7 atom stereocenters. The van der Waals surface area contributed by atoms with Crippen LogP contribution in [0.5, 0.6) is 0 Å². The third-order valence-corrected chi connectivity index (χ3v) is 6.89. The van der Waals surface area contributed by atoms with E-state index in [4.69, 9.17) is 14.4 Å². The van der Waals surface area contributed by atoms with Crippen LogP contribution in [0.2, 0.25) is 0 Å². The SMILES string of the molecule is CO[C@H](C[S+]1C[C@@H](O)[C@H](O)[C@H]1CO)[C@@H](OS(=O)(=O)O)[C@H](O)CO. The molecule has 0 radical (unpaired) electrons. The van der Waals surface area contributed by atoms with Crippen LogP contribution in [0.4, 0.5) is 0 Å². The molecule has 0 aromatic heterocycles. The first-order valence-electron chi connectivity index (χ1n) is 6.75. The van der Waals surface area contributed by atoms with Crippen LogP contribution in [0.15, 0.2) is 0 Å². The fourth-order valence-electron chi connectivity index (χ4n) is 2.42. The van der Waals surface area contributed by atoms with Crippen LogP contribution in [-0.2, 0) is 30.2 Å². The molecule has 1 heterocycles. The van der Waals surface area contributed by atoms with E-state index in [1.54, 1.807) is 0 Å². The number of aliphatic hydroxyl groups is 5. The lowest BCUT2D eigenvalue weighted by Gasteiger charge is -2.27. The molecule has 0 bridgehead atoms. The highest BCUT2D eigenvalue weighted by atomic mass is 32.3. The summed E-state index contributed by atoms with van der Waals surface area (Å²) in [6.07, 6.45) is -6.44. The standard InChI is InChI=1S/C11H22O10S2/c1-20-8(11(6(14)2-12)21-23(17,18)19)5-22-4-7(15)10(16)9(22)3-13/h6-16H,2-5H2,1H3/p+1/t6-,7-,8-,9-,10+,11+,22?/m1/s1. The Kier molecular flexibility index (Phi) is 8.13. The summed E-state index contributed by atoms with van der Waals surface area (Å²) in [6, 6.07) is 0. The van der Waals surface area contributed by atoms with Crippen LogP contribution < -0.4 is 0 Å². The van der Waals surface area contributed by atoms with Crippen molar-refractivity contribution >= 4 is 21.3 Å². The zero-order valence-electron chi connectivity index (χ0n) is 12.4. The molecular formula is C11H23O10S2+. The van der Waals surface area contributed by atoms with E-state index in [1.807, 2.05) is 0 Å². The molecule has 0 saturated carbocycles. The minimum atomic E-state index is -4.90. The normalized spacial score (nSPS) is 32.7. The van der Waals surface area contributed by atoms with Crippen molar-refractivity contribution in [3.8, 4) is 0 Å². The number of aliphatic hydroxyl groups excluding tert-OH is 5. The van der Waals surface area contributed by atoms with Gasteiger partial charge in [-0.15, -0.1) is 0 Å². The summed E-state index contributed by atoms with van der Waals surface area (Å²) in [5.74, 6) is 0.215. The van der Waals surface area contributed by atoms with Gasteiger partial charge in [0.05, 0.1) is 13.2 Å². The maximum atomic E-state index is 10.9. The average molecular weight is 379 g/mol. The van der Waals surface area contributed by atoms with Crippen LogP contribution >= 0.6 is 0 Å². The second-order valence-corrected chi connectivity index (χ2v) is 8.56. The van der Waals surface area contributed by atoms with Gasteiger partial charge in [0, 0.05) is 18.0 Å². The molecule has 0 amide bonds. The third-order valence-electron chi connectivity index (χ3n) is 3.61. The Balaban J connectivity index is 2.90. The molecule has 0 aliphatic carbocycles. The maximum absolute atomic E-state index is 10.9. The third kappa shape index (κ3) is 5.77. The van der Waals surface area contributed by atoms with Gasteiger partial charge >= 0.3 is 10.4 Å². The van der Waals surface area contributed by atoms with Crippen LogP contribution in [0.1, 0.15) is 0 Å². The molecule has 12 heteroatoms. The van der Waals surface area contributed by atoms with Crippen LogP contribution in [0, 0.1) is 0 Å². The lowest BCUT2D eigenvalue weighted by atomic mass is 10.1. The lowest BCUT2D eigenvalue weighted by molar-refractivity contribution is -0.0695. The summed E-state index contributed by atoms with van der Waals surface area (Å²) < 4.78 is 40.1. The van der Waals surface area contributed by atoms with Gasteiger partial charge in [-0.2, -0.15) is 8.42 Å². The van der Waals surface area contributed by atoms with E-state index >= 15 is 0 Å². The molecule has 138 valence electrons. The molecule has 0 aromatic rings. The summed E-state index contributed by atoms with van der Waals surface area (Å²) in [4.78, 5) is 0. The molecule has 1 aliphatic rings. The van der Waals surface area contributed by atoms with Gasteiger partial charge in [-0.25, -0.2) is 4.18 Å². The molecular weight excluding hydrogens is 356 g/mol. The van der Waals surface area contributed by atoms with E-state index in [0.717, 1.165) is 0 Å². The van der Waals surface area contributed by atoms with Gasteiger partial charge in [-0.1, -0.05) is 0 Å².